The first-order chi connectivity index (χ1) is 14.3. The second-order valence-electron chi connectivity index (χ2n) is 7.37. The molecule has 0 bridgehead atoms. The molecule has 154 valence electrons. The number of carbonyl (C=O) groups is 1. The quantitative estimate of drug-likeness (QED) is 0.554. The minimum absolute atomic E-state index is 0.147. The monoisotopic (exact) mass is 415 g/mol. The SMILES string of the molecule is Cc1cc(-c2cccc3nncn23)nc2c(C(=O)NC(C3CC3)C(F)(F)F)ncn12. The Morgan fingerprint density at radius 2 is 2.03 bits per heavy atom. The molecule has 8 nitrogen and oxygen atoms in total. The van der Waals surface area contributed by atoms with Crippen molar-refractivity contribution in [2.24, 2.45) is 5.92 Å². The summed E-state index contributed by atoms with van der Waals surface area (Å²) in [6.45, 7) is 1.80. The molecule has 4 heterocycles. The average Bonchev–Trinajstić information content (AvgIpc) is 3.23. The van der Waals surface area contributed by atoms with Gasteiger partial charge in [-0.2, -0.15) is 13.2 Å². The van der Waals surface area contributed by atoms with Crippen molar-refractivity contribution in [3.8, 4) is 11.4 Å². The highest BCUT2D eigenvalue weighted by atomic mass is 19.4. The summed E-state index contributed by atoms with van der Waals surface area (Å²) in [4.78, 5) is 21.3. The van der Waals surface area contributed by atoms with Gasteiger partial charge in [0.25, 0.3) is 5.91 Å². The molecule has 0 spiro atoms. The highest BCUT2D eigenvalue weighted by molar-refractivity contribution is 5.98. The van der Waals surface area contributed by atoms with Crippen LogP contribution in [0.2, 0.25) is 0 Å². The highest BCUT2D eigenvalue weighted by Gasteiger charge is 2.50. The number of hydrogen-bond acceptors (Lipinski definition) is 5. The standard InChI is InChI=1S/C19H16F3N7O/c1-10-7-12(13-3-2-4-14-27-24-9-29(13)14)25-17-15(23-8-28(10)17)18(30)26-16(11-5-6-11)19(20,21)22/h2-4,7-9,11,16H,5-6H2,1H3,(H,26,30). The van der Waals surface area contributed by atoms with Crippen LogP contribution >= 0.6 is 0 Å². The fourth-order valence-corrected chi connectivity index (χ4v) is 3.58. The number of nitrogens with zero attached hydrogens (tertiary/aromatic N) is 6. The summed E-state index contributed by atoms with van der Waals surface area (Å²) in [6, 6.07) is 5.32. The van der Waals surface area contributed by atoms with E-state index in [1.54, 1.807) is 40.3 Å². The maximum absolute atomic E-state index is 13.3. The van der Waals surface area contributed by atoms with E-state index in [1.165, 1.54) is 6.33 Å². The van der Waals surface area contributed by atoms with Crippen molar-refractivity contribution in [3.63, 3.8) is 0 Å². The van der Waals surface area contributed by atoms with Crippen LogP contribution in [0.3, 0.4) is 0 Å². The predicted octanol–water partition coefficient (Wildman–Crippen LogP) is 2.82. The second kappa shape index (κ2) is 6.51. The van der Waals surface area contributed by atoms with Crippen molar-refractivity contribution in [2.45, 2.75) is 32.0 Å². The Morgan fingerprint density at radius 3 is 2.77 bits per heavy atom. The lowest BCUT2D eigenvalue weighted by Gasteiger charge is -2.20. The first-order valence-electron chi connectivity index (χ1n) is 9.34. The molecule has 5 rings (SSSR count). The number of fused-ring (bicyclic) bond motifs is 2. The van der Waals surface area contributed by atoms with Gasteiger partial charge in [-0.15, -0.1) is 10.2 Å². The number of pyridine rings is 1. The second-order valence-corrected chi connectivity index (χ2v) is 7.37. The number of alkyl halides is 3. The number of aromatic nitrogens is 6. The van der Waals surface area contributed by atoms with Gasteiger partial charge in [0, 0.05) is 5.69 Å². The third-order valence-electron chi connectivity index (χ3n) is 5.24. The summed E-state index contributed by atoms with van der Waals surface area (Å²) < 4.78 is 43.3. The number of rotatable bonds is 4. The third kappa shape index (κ3) is 3.06. The van der Waals surface area contributed by atoms with Crippen molar-refractivity contribution in [1.29, 1.82) is 0 Å². The maximum Gasteiger partial charge on any atom is 0.408 e. The molecule has 0 aliphatic heterocycles. The number of carbonyl (C=O) groups excluding carboxylic acids is 1. The summed E-state index contributed by atoms with van der Waals surface area (Å²) >= 11 is 0. The smallest absolute Gasteiger partial charge is 0.339 e. The van der Waals surface area contributed by atoms with Crippen LogP contribution in [0.25, 0.3) is 22.7 Å². The Labute approximate surface area is 167 Å². The van der Waals surface area contributed by atoms with Crippen LogP contribution in [0.1, 0.15) is 29.0 Å². The molecule has 1 atom stereocenters. The van der Waals surface area contributed by atoms with E-state index in [4.69, 9.17) is 0 Å². The fourth-order valence-electron chi connectivity index (χ4n) is 3.58. The van der Waals surface area contributed by atoms with Crippen LogP contribution in [0, 0.1) is 12.8 Å². The number of hydrogen-bond donors (Lipinski definition) is 1. The Morgan fingerprint density at radius 1 is 1.23 bits per heavy atom. The van der Waals surface area contributed by atoms with Gasteiger partial charge in [0.1, 0.15) is 18.7 Å². The number of amides is 1. The first-order valence-corrected chi connectivity index (χ1v) is 9.34. The van der Waals surface area contributed by atoms with Crippen LogP contribution in [0.5, 0.6) is 0 Å². The van der Waals surface area contributed by atoms with Crippen molar-refractivity contribution >= 4 is 17.2 Å². The number of aryl methyl sites for hydroxylation is 1. The molecular weight excluding hydrogens is 399 g/mol. The molecule has 30 heavy (non-hydrogen) atoms. The molecule has 1 unspecified atom stereocenters. The zero-order chi connectivity index (χ0) is 21.0. The van der Waals surface area contributed by atoms with Crippen molar-refractivity contribution < 1.29 is 18.0 Å². The Hall–Kier alpha value is -3.50. The van der Waals surface area contributed by atoms with E-state index < -0.39 is 24.0 Å². The van der Waals surface area contributed by atoms with Crippen LogP contribution in [-0.2, 0) is 0 Å². The van der Waals surface area contributed by atoms with E-state index in [-0.39, 0.29) is 11.3 Å². The molecule has 0 saturated heterocycles. The van der Waals surface area contributed by atoms with Gasteiger partial charge in [-0.3, -0.25) is 13.6 Å². The Bertz CT molecular complexity index is 1270. The van der Waals surface area contributed by atoms with E-state index in [1.807, 2.05) is 6.07 Å². The lowest BCUT2D eigenvalue weighted by Crippen LogP contribution is -2.47. The summed E-state index contributed by atoms with van der Waals surface area (Å²) in [5.41, 5.74) is 2.59. The van der Waals surface area contributed by atoms with E-state index in [2.05, 4.69) is 25.5 Å². The first kappa shape index (κ1) is 18.5. The van der Waals surface area contributed by atoms with Crippen molar-refractivity contribution in [1.82, 2.24) is 34.3 Å². The van der Waals surface area contributed by atoms with Crippen molar-refractivity contribution in [3.05, 3.63) is 48.3 Å². The molecule has 0 aromatic carbocycles. The maximum atomic E-state index is 13.3. The van der Waals surface area contributed by atoms with Gasteiger partial charge < -0.3 is 5.32 Å². The normalized spacial score (nSPS) is 15.6. The number of imidazole rings is 1. The molecule has 1 aliphatic rings. The summed E-state index contributed by atoms with van der Waals surface area (Å²) in [6.07, 6.45) is -0.697. The van der Waals surface area contributed by atoms with Crippen LogP contribution in [-0.4, -0.2) is 47.1 Å². The number of nitrogens with one attached hydrogen (secondary N) is 1. The van der Waals surface area contributed by atoms with Gasteiger partial charge in [0.05, 0.1) is 11.4 Å². The molecule has 1 N–H and O–H groups in total. The molecule has 4 aromatic heterocycles. The van der Waals surface area contributed by atoms with E-state index in [0.717, 1.165) is 5.69 Å². The van der Waals surface area contributed by atoms with Crippen molar-refractivity contribution in [2.75, 3.05) is 0 Å². The molecule has 1 fully saturated rings. The van der Waals surface area contributed by atoms with Gasteiger partial charge in [-0.25, -0.2) is 9.97 Å². The van der Waals surface area contributed by atoms with E-state index in [0.29, 0.717) is 29.9 Å². The zero-order valence-corrected chi connectivity index (χ0v) is 15.8. The Balaban J connectivity index is 1.57. The largest absolute Gasteiger partial charge is 0.408 e. The fraction of sp³-hybridized carbons (Fsp3) is 0.316. The van der Waals surface area contributed by atoms with Crippen LogP contribution < -0.4 is 5.32 Å². The predicted molar refractivity (Wildman–Crippen MR) is 99.7 cm³/mol. The molecule has 11 heteroatoms. The summed E-state index contributed by atoms with van der Waals surface area (Å²) in [5, 5.41) is 10.00. The molecule has 1 amide bonds. The van der Waals surface area contributed by atoms with Gasteiger partial charge in [-0.1, -0.05) is 6.07 Å². The van der Waals surface area contributed by atoms with E-state index >= 15 is 0 Å². The molecule has 4 aromatic rings. The Kier molecular flexibility index (Phi) is 4.02. The summed E-state index contributed by atoms with van der Waals surface area (Å²) in [5.74, 6) is -1.47. The lowest BCUT2D eigenvalue weighted by molar-refractivity contribution is -0.158. The van der Waals surface area contributed by atoms with Gasteiger partial charge in [0.15, 0.2) is 17.0 Å². The number of halogens is 3. The zero-order valence-electron chi connectivity index (χ0n) is 15.8. The molecular formula is C19H16F3N7O. The van der Waals surface area contributed by atoms with E-state index in [9.17, 15) is 18.0 Å². The van der Waals surface area contributed by atoms with Gasteiger partial charge >= 0.3 is 6.18 Å². The lowest BCUT2D eigenvalue weighted by atomic mass is 10.1. The molecule has 1 aliphatic carbocycles. The molecule has 1 saturated carbocycles. The molecule has 0 radical (unpaired) electrons. The average molecular weight is 415 g/mol. The minimum atomic E-state index is -4.51. The van der Waals surface area contributed by atoms with Gasteiger partial charge in [-0.05, 0) is 43.9 Å². The minimum Gasteiger partial charge on any atom is -0.339 e. The van der Waals surface area contributed by atoms with Crippen LogP contribution in [0.15, 0.2) is 36.9 Å². The van der Waals surface area contributed by atoms with Gasteiger partial charge in [0.2, 0.25) is 0 Å². The topological polar surface area (TPSA) is 89.5 Å². The summed E-state index contributed by atoms with van der Waals surface area (Å²) in [7, 11) is 0. The highest BCUT2D eigenvalue weighted by Crippen LogP contribution is 2.40. The third-order valence-corrected chi connectivity index (χ3v) is 5.24. The van der Waals surface area contributed by atoms with Crippen LogP contribution in [0.4, 0.5) is 13.2 Å².